The SMILES string of the molecule is Cc1ccc(N2C(=O)NC3C=CN=CN3C23C(C(C)(C)C)=Nn2nc(-c4ccc(NS(=O)Oc5cc(C(C)(C)CC(C)(C)C)ccc5C)cc4)nc23)c(C)c1. The van der Waals surface area contributed by atoms with Crippen molar-refractivity contribution < 1.29 is 13.2 Å². The van der Waals surface area contributed by atoms with Crippen LogP contribution in [0.1, 0.15) is 89.9 Å². The molecule has 0 radical (unpaired) electrons. The summed E-state index contributed by atoms with van der Waals surface area (Å²) < 4.78 is 22.2. The molecule has 0 saturated carbocycles. The first-order valence-corrected chi connectivity index (χ1v) is 19.7. The van der Waals surface area contributed by atoms with Gasteiger partial charge in [-0.2, -0.15) is 9.31 Å². The van der Waals surface area contributed by atoms with Gasteiger partial charge in [-0.1, -0.05) is 85.2 Å². The zero-order valence-corrected chi connectivity index (χ0v) is 34.4. The minimum absolute atomic E-state index is 0.0864. The van der Waals surface area contributed by atoms with Crippen LogP contribution >= 0.6 is 0 Å². The Balaban J connectivity index is 1.20. The van der Waals surface area contributed by atoms with Gasteiger partial charge in [0.2, 0.25) is 11.5 Å². The van der Waals surface area contributed by atoms with Gasteiger partial charge >= 0.3 is 17.3 Å². The second kappa shape index (κ2) is 13.5. The summed E-state index contributed by atoms with van der Waals surface area (Å²) in [6, 6.07) is 19.2. The Labute approximate surface area is 326 Å². The van der Waals surface area contributed by atoms with E-state index in [9.17, 15) is 9.00 Å². The second-order valence-electron chi connectivity index (χ2n) is 17.7. The smallest absolute Gasteiger partial charge is 0.326 e. The van der Waals surface area contributed by atoms with E-state index in [1.54, 1.807) is 22.2 Å². The number of fused-ring (bicyclic) bond motifs is 4. The molecule has 4 aromatic rings. The van der Waals surface area contributed by atoms with E-state index >= 15 is 0 Å². The minimum atomic E-state index is -1.85. The first kappa shape index (κ1) is 38.0. The van der Waals surface area contributed by atoms with E-state index in [1.807, 2.05) is 80.3 Å². The van der Waals surface area contributed by atoms with E-state index in [-0.39, 0.29) is 16.9 Å². The molecule has 2 amide bonds. The molecule has 3 aliphatic rings. The third-order valence-electron chi connectivity index (χ3n) is 10.2. The molecule has 13 heteroatoms. The maximum Gasteiger partial charge on any atom is 0.326 e. The average Bonchev–Trinajstić information content (AvgIpc) is 3.64. The summed E-state index contributed by atoms with van der Waals surface area (Å²) in [6.45, 7) is 23.4. The van der Waals surface area contributed by atoms with Crippen LogP contribution in [0.2, 0.25) is 0 Å². The van der Waals surface area contributed by atoms with Gasteiger partial charge in [0.15, 0.2) is 5.82 Å². The van der Waals surface area contributed by atoms with Crippen molar-refractivity contribution in [2.45, 2.75) is 99.8 Å². The van der Waals surface area contributed by atoms with Crippen LogP contribution in [0.25, 0.3) is 11.4 Å². The van der Waals surface area contributed by atoms with E-state index in [0.717, 1.165) is 34.4 Å². The summed E-state index contributed by atoms with van der Waals surface area (Å²) in [6.07, 6.45) is 5.76. The van der Waals surface area contributed by atoms with Gasteiger partial charge in [-0.15, -0.1) is 9.89 Å². The van der Waals surface area contributed by atoms with E-state index in [2.05, 4.69) is 82.6 Å². The predicted molar refractivity (Wildman–Crippen MR) is 220 cm³/mol. The number of aliphatic imine (C=N–C) groups is 1. The quantitative estimate of drug-likeness (QED) is 0.185. The number of hydrogen-bond donors (Lipinski definition) is 2. The van der Waals surface area contributed by atoms with Crippen molar-refractivity contribution in [2.75, 3.05) is 9.62 Å². The van der Waals surface area contributed by atoms with Gasteiger partial charge in [0.25, 0.3) is 0 Å². The monoisotopic (exact) mass is 761 g/mol. The normalized spacial score (nSPS) is 19.9. The van der Waals surface area contributed by atoms with Crippen molar-refractivity contribution in [3.8, 4) is 17.1 Å². The van der Waals surface area contributed by atoms with Crippen LogP contribution in [0.15, 0.2) is 83.0 Å². The second-order valence-corrected chi connectivity index (χ2v) is 18.5. The molecular formula is C42H51N9O3S. The predicted octanol–water partition coefficient (Wildman–Crippen LogP) is 8.48. The fraction of sp³-hybridized carbons (Fsp3) is 0.405. The van der Waals surface area contributed by atoms with Gasteiger partial charge in [0.1, 0.15) is 17.6 Å². The molecule has 0 bridgehead atoms. The van der Waals surface area contributed by atoms with E-state index in [4.69, 9.17) is 19.4 Å². The maximum atomic E-state index is 14.3. The number of rotatable bonds is 8. The number of anilines is 2. The zero-order valence-electron chi connectivity index (χ0n) is 33.6. The minimum Gasteiger partial charge on any atom is -0.385 e. The number of nitrogens with one attached hydrogen (secondary N) is 2. The van der Waals surface area contributed by atoms with E-state index < -0.39 is 28.5 Å². The van der Waals surface area contributed by atoms with Crippen LogP contribution < -0.4 is 19.1 Å². The highest BCUT2D eigenvalue weighted by Crippen LogP contribution is 2.49. The van der Waals surface area contributed by atoms with Crippen molar-refractivity contribution in [1.82, 2.24) is 25.1 Å². The lowest BCUT2D eigenvalue weighted by atomic mass is 9.72. The Morgan fingerprint density at radius 1 is 0.927 bits per heavy atom. The average molecular weight is 762 g/mol. The molecule has 2 N–H and O–H groups in total. The zero-order chi connectivity index (χ0) is 39.7. The van der Waals surface area contributed by atoms with E-state index in [1.165, 1.54) is 0 Å². The summed E-state index contributed by atoms with van der Waals surface area (Å²) in [7, 11) is 0. The molecule has 0 aliphatic carbocycles. The third kappa shape index (κ3) is 6.94. The van der Waals surface area contributed by atoms with Gasteiger partial charge in [0.05, 0.1) is 12.0 Å². The third-order valence-corrected chi connectivity index (χ3v) is 10.9. The van der Waals surface area contributed by atoms with Crippen molar-refractivity contribution >= 4 is 40.7 Å². The van der Waals surface area contributed by atoms with Crippen LogP contribution in [-0.2, 0) is 22.3 Å². The Bertz CT molecular complexity index is 2280. The molecule has 288 valence electrons. The number of amides is 2. The first-order valence-electron chi connectivity index (χ1n) is 18.6. The van der Waals surface area contributed by atoms with Crippen LogP contribution in [0, 0.1) is 31.6 Å². The lowest BCUT2D eigenvalue weighted by Gasteiger charge is -2.55. The molecule has 1 aromatic heterocycles. The van der Waals surface area contributed by atoms with Crippen molar-refractivity contribution in [3.05, 3.63) is 101 Å². The molecule has 3 unspecified atom stereocenters. The molecule has 4 heterocycles. The van der Waals surface area contributed by atoms with Crippen LogP contribution in [0.3, 0.4) is 0 Å². The Kier molecular flexibility index (Phi) is 9.30. The van der Waals surface area contributed by atoms with Crippen LogP contribution in [-0.4, -0.2) is 48.2 Å². The summed E-state index contributed by atoms with van der Waals surface area (Å²) in [5.41, 5.74) is 5.05. The first-order chi connectivity index (χ1) is 25.8. The lowest BCUT2D eigenvalue weighted by Crippen LogP contribution is -2.76. The molecule has 3 aliphatic heterocycles. The number of aryl methyl sites for hydroxylation is 3. The Morgan fingerprint density at radius 3 is 2.33 bits per heavy atom. The number of nitrogens with zero attached hydrogens (tertiary/aromatic N) is 7. The molecule has 3 atom stereocenters. The summed E-state index contributed by atoms with van der Waals surface area (Å²) in [5.74, 6) is 1.47. The fourth-order valence-electron chi connectivity index (χ4n) is 8.13. The molecule has 1 saturated heterocycles. The summed E-state index contributed by atoms with van der Waals surface area (Å²) in [4.78, 5) is 29.3. The van der Waals surface area contributed by atoms with Crippen molar-refractivity contribution in [2.24, 2.45) is 20.9 Å². The van der Waals surface area contributed by atoms with Gasteiger partial charge in [-0.3, -0.25) is 9.62 Å². The lowest BCUT2D eigenvalue weighted by molar-refractivity contribution is 0.140. The van der Waals surface area contributed by atoms with Gasteiger partial charge < -0.3 is 14.4 Å². The maximum absolute atomic E-state index is 14.3. The summed E-state index contributed by atoms with van der Waals surface area (Å²) in [5, 5.41) is 13.1. The largest absolute Gasteiger partial charge is 0.385 e. The molecule has 1 spiro atoms. The topological polar surface area (TPSA) is 129 Å². The van der Waals surface area contributed by atoms with Crippen molar-refractivity contribution in [3.63, 3.8) is 0 Å². The van der Waals surface area contributed by atoms with Gasteiger partial charge in [0, 0.05) is 22.9 Å². The molecule has 3 aromatic carbocycles. The fourth-order valence-corrected chi connectivity index (χ4v) is 8.84. The number of aromatic nitrogens is 3. The molecular weight excluding hydrogens is 711 g/mol. The van der Waals surface area contributed by atoms with Crippen LogP contribution in [0.4, 0.5) is 16.2 Å². The van der Waals surface area contributed by atoms with E-state index in [0.29, 0.717) is 34.4 Å². The number of benzene rings is 3. The number of urea groups is 1. The van der Waals surface area contributed by atoms with Gasteiger partial charge in [-0.25, -0.2) is 14.8 Å². The highest BCUT2D eigenvalue weighted by atomic mass is 32.2. The standard InChI is InChI=1S/C42H51N9O3S/c1-26-12-19-32(28(3)22-26)50-38(52)44-34-20-21-43-25-49(34)42(50)36(40(7,8)9)47-51-37(42)45-35(46-51)29-14-17-31(18-15-29)48-55(53)54-33-23-30(16-13-27(33)2)41(10,11)24-39(4,5)6/h12-23,25,34,48H,24H2,1-11H3,(H,44,52). The highest BCUT2D eigenvalue weighted by Gasteiger charge is 2.64. The van der Waals surface area contributed by atoms with Gasteiger partial charge in [-0.05, 0) is 97.2 Å². The molecule has 1 fully saturated rings. The summed E-state index contributed by atoms with van der Waals surface area (Å²) >= 11 is -1.85. The van der Waals surface area contributed by atoms with Crippen molar-refractivity contribution in [1.29, 1.82) is 0 Å². The number of hydrogen-bond acceptors (Lipinski definition) is 8. The highest BCUT2D eigenvalue weighted by molar-refractivity contribution is 7.82. The number of carbonyl (C=O) groups is 1. The molecule has 55 heavy (non-hydrogen) atoms. The molecule has 7 rings (SSSR count). The van der Waals surface area contributed by atoms with Crippen LogP contribution in [0.5, 0.6) is 5.75 Å². The Hall–Kier alpha value is -5.30. The number of carbonyl (C=O) groups excluding carboxylic acids is 1. The Morgan fingerprint density at radius 2 is 1.65 bits per heavy atom. The molecule has 12 nitrogen and oxygen atoms in total.